The van der Waals surface area contributed by atoms with Crippen LogP contribution in [-0.4, -0.2) is 30.2 Å². The van der Waals surface area contributed by atoms with E-state index in [0.29, 0.717) is 6.54 Å². The van der Waals surface area contributed by atoms with E-state index in [1.54, 1.807) is 6.92 Å². The maximum Gasteiger partial charge on any atom is 0.304 e. The Bertz CT molecular complexity index is 620. The van der Waals surface area contributed by atoms with E-state index in [1.807, 2.05) is 0 Å². The number of nitrogen functional groups attached to an aromatic ring is 1. The van der Waals surface area contributed by atoms with E-state index in [2.05, 4.69) is 0 Å². The molecule has 0 radical (unpaired) electrons. The van der Waals surface area contributed by atoms with Crippen LogP contribution in [0.1, 0.15) is 39.0 Å². The molecule has 0 saturated heterocycles. The molecule has 0 unspecified atom stereocenters. The minimum atomic E-state index is -3.72. The predicted molar refractivity (Wildman–Crippen MR) is 81.8 cm³/mol. The second kappa shape index (κ2) is 6.29. The van der Waals surface area contributed by atoms with Gasteiger partial charge >= 0.3 is 5.69 Å². The Hall–Kier alpha value is -1.19. The molecular weight excluding hydrogens is 314 g/mol. The lowest BCUT2D eigenvalue weighted by Gasteiger charge is -2.32. The lowest BCUT2D eigenvalue weighted by atomic mass is 9.95. The van der Waals surface area contributed by atoms with Crippen LogP contribution in [0.2, 0.25) is 0 Å². The minimum absolute atomic E-state index is 0.0175. The molecule has 1 aromatic rings. The summed E-state index contributed by atoms with van der Waals surface area (Å²) in [5, 5.41) is 10.8. The highest BCUT2D eigenvalue weighted by Crippen LogP contribution is 2.37. The summed E-state index contributed by atoms with van der Waals surface area (Å²) < 4.78 is 26.8. The lowest BCUT2D eigenvalue weighted by Crippen LogP contribution is -2.40. The zero-order chi connectivity index (χ0) is 15.6. The van der Waals surface area contributed by atoms with Crippen LogP contribution in [0.5, 0.6) is 0 Å². The second-order valence-electron chi connectivity index (χ2n) is 5.07. The van der Waals surface area contributed by atoms with Gasteiger partial charge in [0.15, 0.2) is 5.00 Å². The SMILES string of the molecule is CCN(C1CCCCC1)S(=O)(=O)c1cc([N+](=O)[O-])c(N)s1. The largest absolute Gasteiger partial charge is 0.385 e. The first-order valence-corrected chi connectivity index (χ1v) is 9.19. The molecule has 1 heterocycles. The molecule has 118 valence electrons. The van der Waals surface area contributed by atoms with Gasteiger partial charge in [-0.05, 0) is 12.8 Å². The molecule has 1 aromatic heterocycles. The smallest absolute Gasteiger partial charge is 0.304 e. The third kappa shape index (κ3) is 3.19. The van der Waals surface area contributed by atoms with Crippen molar-refractivity contribution in [3.8, 4) is 0 Å². The first-order chi connectivity index (χ1) is 9.87. The van der Waals surface area contributed by atoms with Crippen molar-refractivity contribution in [2.24, 2.45) is 0 Å². The van der Waals surface area contributed by atoms with Crippen molar-refractivity contribution in [1.29, 1.82) is 0 Å². The summed E-state index contributed by atoms with van der Waals surface area (Å²) in [6.45, 7) is 2.15. The quantitative estimate of drug-likeness (QED) is 0.658. The molecule has 0 bridgehead atoms. The molecule has 0 aromatic carbocycles. The van der Waals surface area contributed by atoms with Gasteiger partial charge in [0.05, 0.1) is 4.92 Å². The van der Waals surface area contributed by atoms with Gasteiger partial charge in [-0.3, -0.25) is 10.1 Å². The molecule has 2 N–H and O–H groups in total. The average molecular weight is 333 g/mol. The summed E-state index contributed by atoms with van der Waals surface area (Å²) in [5.41, 5.74) is 5.22. The molecule has 0 amide bonds. The van der Waals surface area contributed by atoms with Crippen LogP contribution in [0.3, 0.4) is 0 Å². The normalized spacial score (nSPS) is 17.2. The molecule has 0 atom stereocenters. The first-order valence-electron chi connectivity index (χ1n) is 6.93. The number of rotatable bonds is 5. The topological polar surface area (TPSA) is 107 Å². The fourth-order valence-corrected chi connectivity index (χ4v) is 5.79. The van der Waals surface area contributed by atoms with Crippen LogP contribution >= 0.6 is 11.3 Å². The van der Waals surface area contributed by atoms with Crippen molar-refractivity contribution < 1.29 is 13.3 Å². The first kappa shape index (κ1) is 16.2. The van der Waals surface area contributed by atoms with Gasteiger partial charge in [0.1, 0.15) is 4.21 Å². The summed E-state index contributed by atoms with van der Waals surface area (Å²) >= 11 is 0.764. The van der Waals surface area contributed by atoms with E-state index >= 15 is 0 Å². The fourth-order valence-electron chi connectivity index (χ4n) is 2.75. The van der Waals surface area contributed by atoms with Crippen LogP contribution in [0.15, 0.2) is 10.3 Å². The second-order valence-corrected chi connectivity index (χ2v) is 8.27. The number of nitrogens with zero attached hydrogens (tertiary/aromatic N) is 2. The van der Waals surface area contributed by atoms with Gasteiger partial charge in [-0.1, -0.05) is 37.5 Å². The van der Waals surface area contributed by atoms with Crippen LogP contribution in [0.4, 0.5) is 10.7 Å². The van der Waals surface area contributed by atoms with Crippen molar-refractivity contribution in [2.75, 3.05) is 12.3 Å². The van der Waals surface area contributed by atoms with E-state index < -0.39 is 14.9 Å². The van der Waals surface area contributed by atoms with E-state index in [0.717, 1.165) is 49.5 Å². The third-order valence-electron chi connectivity index (χ3n) is 3.77. The summed E-state index contributed by atoms with van der Waals surface area (Å²) in [4.78, 5) is 10.2. The number of sulfonamides is 1. The van der Waals surface area contributed by atoms with Crippen molar-refractivity contribution in [1.82, 2.24) is 4.31 Å². The van der Waals surface area contributed by atoms with Crippen LogP contribution < -0.4 is 5.73 Å². The molecule has 1 saturated carbocycles. The maximum absolute atomic E-state index is 12.7. The number of anilines is 1. The highest BCUT2D eigenvalue weighted by molar-refractivity contribution is 7.91. The van der Waals surface area contributed by atoms with E-state index in [1.165, 1.54) is 4.31 Å². The van der Waals surface area contributed by atoms with Gasteiger partial charge < -0.3 is 5.73 Å². The zero-order valence-corrected chi connectivity index (χ0v) is 13.5. The van der Waals surface area contributed by atoms with Crippen molar-refractivity contribution in [3.05, 3.63) is 16.2 Å². The standard InChI is InChI=1S/C12H19N3O4S2/c1-2-14(9-6-4-3-5-7-9)21(18,19)11-8-10(15(16)17)12(13)20-11/h8-9H,2-7,13H2,1H3. The molecule has 1 fully saturated rings. The number of thiophene rings is 1. The van der Waals surface area contributed by atoms with Gasteiger partial charge in [0.25, 0.3) is 10.0 Å². The van der Waals surface area contributed by atoms with Gasteiger partial charge in [-0.25, -0.2) is 8.42 Å². The average Bonchev–Trinajstić information content (AvgIpc) is 2.83. The fraction of sp³-hybridized carbons (Fsp3) is 0.667. The highest BCUT2D eigenvalue weighted by atomic mass is 32.2. The highest BCUT2D eigenvalue weighted by Gasteiger charge is 2.34. The summed E-state index contributed by atoms with van der Waals surface area (Å²) in [7, 11) is -3.72. The van der Waals surface area contributed by atoms with Crippen molar-refractivity contribution in [2.45, 2.75) is 49.3 Å². The molecule has 0 aliphatic heterocycles. The Morgan fingerprint density at radius 2 is 2.05 bits per heavy atom. The van der Waals surface area contributed by atoms with Crippen LogP contribution in [0.25, 0.3) is 0 Å². The van der Waals surface area contributed by atoms with E-state index in [-0.39, 0.29) is 20.9 Å². The molecular formula is C12H19N3O4S2. The number of nitro groups is 1. The van der Waals surface area contributed by atoms with Crippen LogP contribution in [0, 0.1) is 10.1 Å². The molecule has 0 spiro atoms. The molecule has 21 heavy (non-hydrogen) atoms. The maximum atomic E-state index is 12.7. The minimum Gasteiger partial charge on any atom is -0.385 e. The van der Waals surface area contributed by atoms with Crippen LogP contribution in [-0.2, 0) is 10.0 Å². The number of hydrogen-bond donors (Lipinski definition) is 1. The van der Waals surface area contributed by atoms with Gasteiger partial charge in [-0.15, -0.1) is 0 Å². The van der Waals surface area contributed by atoms with Gasteiger partial charge in [0, 0.05) is 18.7 Å². The van der Waals surface area contributed by atoms with E-state index in [9.17, 15) is 18.5 Å². The van der Waals surface area contributed by atoms with Gasteiger partial charge in [0.2, 0.25) is 0 Å². The Balaban J connectivity index is 2.34. The predicted octanol–water partition coefficient (Wildman–Crippen LogP) is 2.58. The molecule has 1 aliphatic carbocycles. The van der Waals surface area contributed by atoms with E-state index in [4.69, 9.17) is 5.73 Å². The third-order valence-corrected chi connectivity index (χ3v) is 7.20. The van der Waals surface area contributed by atoms with Gasteiger partial charge in [-0.2, -0.15) is 4.31 Å². The number of nitrogens with two attached hydrogens (primary N) is 1. The Labute approximate surface area is 127 Å². The van der Waals surface area contributed by atoms with Crippen molar-refractivity contribution >= 4 is 32.0 Å². The monoisotopic (exact) mass is 333 g/mol. The number of hydrogen-bond acceptors (Lipinski definition) is 6. The Kier molecular flexibility index (Phi) is 4.84. The molecule has 9 heteroatoms. The summed E-state index contributed by atoms with van der Waals surface area (Å²) in [6.07, 6.45) is 4.85. The van der Waals surface area contributed by atoms with Crippen molar-refractivity contribution in [3.63, 3.8) is 0 Å². The Morgan fingerprint density at radius 1 is 1.43 bits per heavy atom. The summed E-state index contributed by atoms with van der Waals surface area (Å²) in [5.74, 6) is 0. The lowest BCUT2D eigenvalue weighted by molar-refractivity contribution is -0.383. The Morgan fingerprint density at radius 3 is 2.52 bits per heavy atom. The molecule has 1 aliphatic rings. The summed E-state index contributed by atoms with van der Waals surface area (Å²) in [6, 6.07) is 1.05. The molecule has 2 rings (SSSR count). The molecule has 7 nitrogen and oxygen atoms in total. The zero-order valence-electron chi connectivity index (χ0n) is 11.8.